The van der Waals surface area contributed by atoms with E-state index in [4.69, 9.17) is 16.7 Å². The van der Waals surface area contributed by atoms with Crippen LogP contribution in [0.1, 0.15) is 62.8 Å². The van der Waals surface area contributed by atoms with Crippen LogP contribution < -0.4 is 22.7 Å². The third kappa shape index (κ3) is 5.25. The standard InChI is InChI=1S/C30H39N7O2/c1-7-26-25(28(38)36(19(2)33-26)18-22-17-29(3,4)37(39)30(22,5)6)16-20-12-14-21(15-13-20)23-10-8-9-11-24(23)27(34-31)35-32/h8-15,17,39H,7,16,18,31-32H2,1-6H3,(H,34,35). The van der Waals surface area contributed by atoms with E-state index in [0.29, 0.717) is 36.6 Å². The molecule has 0 atom stereocenters. The number of hydrazine groups is 1. The van der Waals surface area contributed by atoms with Gasteiger partial charge in [-0.1, -0.05) is 61.5 Å². The molecule has 0 saturated carbocycles. The van der Waals surface area contributed by atoms with Crippen LogP contribution in [0.3, 0.4) is 0 Å². The lowest BCUT2D eigenvalue weighted by Crippen LogP contribution is -2.48. The molecule has 0 radical (unpaired) electrons. The van der Waals surface area contributed by atoms with Crippen LogP contribution in [-0.4, -0.2) is 36.7 Å². The van der Waals surface area contributed by atoms with Crippen LogP contribution in [0.15, 0.2) is 70.1 Å². The molecule has 0 saturated heterocycles. The van der Waals surface area contributed by atoms with Crippen molar-refractivity contribution in [1.29, 1.82) is 0 Å². The van der Waals surface area contributed by atoms with Gasteiger partial charge >= 0.3 is 0 Å². The summed E-state index contributed by atoms with van der Waals surface area (Å²) < 4.78 is 1.73. The van der Waals surface area contributed by atoms with Gasteiger partial charge in [-0.15, -0.1) is 0 Å². The maximum Gasteiger partial charge on any atom is 0.257 e. The number of hydroxylamine groups is 2. The summed E-state index contributed by atoms with van der Waals surface area (Å²) in [6.45, 7) is 12.1. The zero-order valence-corrected chi connectivity index (χ0v) is 23.6. The molecule has 2 heterocycles. The van der Waals surface area contributed by atoms with E-state index in [1.165, 1.54) is 5.06 Å². The van der Waals surface area contributed by atoms with Crippen molar-refractivity contribution < 1.29 is 5.21 Å². The summed E-state index contributed by atoms with van der Waals surface area (Å²) >= 11 is 0. The fourth-order valence-electron chi connectivity index (χ4n) is 5.47. The Labute approximate surface area is 229 Å². The predicted molar refractivity (Wildman–Crippen MR) is 155 cm³/mol. The Morgan fingerprint density at radius 2 is 1.77 bits per heavy atom. The van der Waals surface area contributed by atoms with Crippen LogP contribution in [0.25, 0.3) is 11.1 Å². The second-order valence-corrected chi connectivity index (χ2v) is 11.1. The molecule has 3 aromatic rings. The number of benzene rings is 2. The van der Waals surface area contributed by atoms with E-state index in [2.05, 4.69) is 10.5 Å². The van der Waals surface area contributed by atoms with E-state index in [1.54, 1.807) is 4.57 Å². The van der Waals surface area contributed by atoms with Crippen molar-refractivity contribution in [2.75, 3.05) is 0 Å². The molecule has 0 fully saturated rings. The summed E-state index contributed by atoms with van der Waals surface area (Å²) in [6.07, 6.45) is 3.18. The third-order valence-corrected chi connectivity index (χ3v) is 7.68. The van der Waals surface area contributed by atoms with Crippen molar-refractivity contribution in [3.63, 3.8) is 0 Å². The number of hydrogen-bond donors (Lipinski definition) is 4. The highest BCUT2D eigenvalue weighted by molar-refractivity contribution is 6.04. The molecule has 0 spiro atoms. The van der Waals surface area contributed by atoms with Gasteiger partial charge in [-0.2, -0.15) is 10.2 Å². The van der Waals surface area contributed by atoms with Crippen molar-refractivity contribution in [3.8, 4) is 11.1 Å². The number of aromatic nitrogens is 2. The molecule has 1 aromatic heterocycles. The first-order valence-electron chi connectivity index (χ1n) is 13.2. The number of hydrazone groups is 1. The van der Waals surface area contributed by atoms with Crippen molar-refractivity contribution in [1.82, 2.24) is 20.0 Å². The smallest absolute Gasteiger partial charge is 0.257 e. The summed E-state index contributed by atoms with van der Waals surface area (Å²) in [5, 5.41) is 15.9. The molecule has 0 unspecified atom stereocenters. The van der Waals surface area contributed by atoms with Gasteiger partial charge in [-0.05, 0) is 63.3 Å². The first-order chi connectivity index (χ1) is 18.4. The highest BCUT2D eigenvalue weighted by Gasteiger charge is 2.45. The number of amidine groups is 1. The first-order valence-corrected chi connectivity index (χ1v) is 13.2. The quantitative estimate of drug-likeness (QED) is 0.121. The van der Waals surface area contributed by atoms with Crippen LogP contribution in [0, 0.1) is 6.92 Å². The maximum absolute atomic E-state index is 13.9. The zero-order chi connectivity index (χ0) is 28.5. The summed E-state index contributed by atoms with van der Waals surface area (Å²) in [5.74, 6) is 12.2. The minimum Gasteiger partial charge on any atom is -0.321 e. The van der Waals surface area contributed by atoms with E-state index >= 15 is 0 Å². The molecule has 0 amide bonds. The Morgan fingerprint density at radius 1 is 1.10 bits per heavy atom. The van der Waals surface area contributed by atoms with Crippen molar-refractivity contribution in [2.24, 2.45) is 16.8 Å². The van der Waals surface area contributed by atoms with Crippen LogP contribution in [-0.2, 0) is 19.4 Å². The fraction of sp³-hybridized carbons (Fsp3) is 0.367. The lowest BCUT2D eigenvalue weighted by atomic mass is 9.95. The Bertz CT molecular complexity index is 1480. The molecule has 1 aliphatic rings. The van der Waals surface area contributed by atoms with Crippen molar-refractivity contribution in [2.45, 2.75) is 72.0 Å². The maximum atomic E-state index is 13.9. The van der Waals surface area contributed by atoms with E-state index in [1.807, 2.05) is 96.1 Å². The normalized spacial score (nSPS) is 16.8. The summed E-state index contributed by atoms with van der Waals surface area (Å²) in [4.78, 5) is 18.7. The van der Waals surface area contributed by atoms with E-state index in [0.717, 1.165) is 33.5 Å². The van der Waals surface area contributed by atoms with Gasteiger partial charge in [0.15, 0.2) is 5.84 Å². The third-order valence-electron chi connectivity index (χ3n) is 7.68. The molecular formula is C30H39N7O2. The van der Waals surface area contributed by atoms with Gasteiger partial charge < -0.3 is 16.5 Å². The molecule has 0 aliphatic carbocycles. The molecule has 9 nitrogen and oxygen atoms in total. The van der Waals surface area contributed by atoms with E-state index < -0.39 is 11.1 Å². The number of nitrogens with two attached hydrogens (primary N) is 2. The lowest BCUT2D eigenvalue weighted by molar-refractivity contribution is -0.185. The average molecular weight is 530 g/mol. The van der Waals surface area contributed by atoms with Gasteiger partial charge in [0.2, 0.25) is 0 Å². The summed E-state index contributed by atoms with van der Waals surface area (Å²) in [5.41, 5.74) is 7.59. The second kappa shape index (κ2) is 10.8. The number of nitrogens with zero attached hydrogens (tertiary/aromatic N) is 4. The first kappa shape index (κ1) is 28.2. The molecule has 206 valence electrons. The number of aryl methyl sites for hydroxylation is 2. The van der Waals surface area contributed by atoms with Gasteiger partial charge in [-0.25, -0.2) is 10.8 Å². The number of rotatable bonds is 7. The molecule has 2 aromatic carbocycles. The molecule has 9 heteroatoms. The Balaban J connectivity index is 1.68. The van der Waals surface area contributed by atoms with Gasteiger partial charge in [0.25, 0.3) is 5.56 Å². The Hall–Kier alpha value is -3.79. The Morgan fingerprint density at radius 3 is 2.33 bits per heavy atom. The minimum atomic E-state index is -0.598. The van der Waals surface area contributed by atoms with Gasteiger partial charge in [0.05, 0.1) is 23.3 Å². The molecule has 39 heavy (non-hydrogen) atoms. The van der Waals surface area contributed by atoms with E-state index in [-0.39, 0.29) is 5.56 Å². The topological polar surface area (TPSA) is 135 Å². The minimum absolute atomic E-state index is 0.0440. The zero-order valence-electron chi connectivity index (χ0n) is 23.6. The lowest BCUT2D eigenvalue weighted by Gasteiger charge is -2.36. The van der Waals surface area contributed by atoms with Crippen molar-refractivity contribution in [3.05, 3.63) is 98.7 Å². The largest absolute Gasteiger partial charge is 0.321 e. The van der Waals surface area contributed by atoms with Crippen LogP contribution in [0.4, 0.5) is 0 Å². The van der Waals surface area contributed by atoms with Crippen molar-refractivity contribution >= 4 is 5.84 Å². The summed E-state index contributed by atoms with van der Waals surface area (Å²) in [7, 11) is 0. The van der Waals surface area contributed by atoms with Crippen LogP contribution in [0.2, 0.25) is 0 Å². The molecule has 6 N–H and O–H groups in total. The fourth-order valence-corrected chi connectivity index (χ4v) is 5.47. The average Bonchev–Trinajstić information content (AvgIpc) is 3.07. The predicted octanol–water partition coefficient (Wildman–Crippen LogP) is 3.64. The van der Waals surface area contributed by atoms with Gasteiger partial charge in [-0.3, -0.25) is 9.36 Å². The van der Waals surface area contributed by atoms with Crippen LogP contribution in [0.5, 0.6) is 0 Å². The van der Waals surface area contributed by atoms with Gasteiger partial charge in [0, 0.05) is 17.5 Å². The molecule has 1 aliphatic heterocycles. The number of hydrogen-bond acceptors (Lipinski definition) is 7. The highest BCUT2D eigenvalue weighted by atomic mass is 16.5. The molecule has 4 rings (SSSR count). The Kier molecular flexibility index (Phi) is 7.79. The highest BCUT2D eigenvalue weighted by Crippen LogP contribution is 2.39. The monoisotopic (exact) mass is 529 g/mol. The van der Waals surface area contributed by atoms with Gasteiger partial charge in [0.1, 0.15) is 5.82 Å². The summed E-state index contributed by atoms with van der Waals surface area (Å²) in [6, 6.07) is 15.8. The second-order valence-electron chi connectivity index (χ2n) is 11.1. The molecular weight excluding hydrogens is 490 g/mol. The van der Waals surface area contributed by atoms with E-state index in [9.17, 15) is 10.0 Å². The number of nitrogens with one attached hydrogen (secondary N) is 1. The van der Waals surface area contributed by atoms with Crippen LogP contribution >= 0.6 is 0 Å². The SMILES string of the molecule is CCc1nc(C)n(CC2=CC(C)(C)N(O)C2(C)C)c(=O)c1Cc1ccc(-c2ccccc2C(=NN)NN)cc1. The molecule has 0 bridgehead atoms.